The summed E-state index contributed by atoms with van der Waals surface area (Å²) in [5.41, 5.74) is 2.21. The first-order chi connectivity index (χ1) is 13.0. The van der Waals surface area contributed by atoms with E-state index in [0.717, 1.165) is 18.8 Å². The van der Waals surface area contributed by atoms with Gasteiger partial charge < -0.3 is 15.0 Å². The third-order valence-corrected chi connectivity index (χ3v) is 4.56. The van der Waals surface area contributed by atoms with Gasteiger partial charge in [-0.1, -0.05) is 11.6 Å². The molecule has 2 aromatic carbocycles. The normalized spacial score (nSPS) is 10.4. The van der Waals surface area contributed by atoms with Crippen molar-refractivity contribution < 1.29 is 14.3 Å². The first-order valence-corrected chi connectivity index (χ1v) is 9.37. The van der Waals surface area contributed by atoms with Gasteiger partial charge in [-0.05, 0) is 56.3 Å². The highest BCUT2D eigenvalue weighted by Gasteiger charge is 2.15. The number of nitrogens with one attached hydrogen (secondary N) is 1. The smallest absolute Gasteiger partial charge is 0.224 e. The van der Waals surface area contributed by atoms with Gasteiger partial charge in [0.15, 0.2) is 5.78 Å². The molecule has 0 aromatic heterocycles. The summed E-state index contributed by atoms with van der Waals surface area (Å²) < 4.78 is 5.19. The molecule has 0 radical (unpaired) electrons. The molecule has 2 rings (SSSR count). The number of hydrogen-bond acceptors (Lipinski definition) is 4. The van der Waals surface area contributed by atoms with E-state index in [0.29, 0.717) is 22.0 Å². The zero-order chi connectivity index (χ0) is 19.8. The standard InChI is InChI=1S/C21H25ClN2O3/c1-4-24(5-2)17-9-7-16(8-10-17)23-21(26)13-11-19(25)18-14-15(22)6-12-20(18)27-3/h6-10,12,14H,4-5,11,13H2,1-3H3,(H,23,26). The lowest BCUT2D eigenvalue weighted by atomic mass is 10.1. The number of hydrogen-bond donors (Lipinski definition) is 1. The second-order valence-electron chi connectivity index (χ2n) is 6.04. The van der Waals surface area contributed by atoms with Gasteiger partial charge in [0.25, 0.3) is 0 Å². The summed E-state index contributed by atoms with van der Waals surface area (Å²) in [5, 5.41) is 3.28. The molecule has 0 bridgehead atoms. The van der Waals surface area contributed by atoms with Crippen molar-refractivity contribution in [2.45, 2.75) is 26.7 Å². The van der Waals surface area contributed by atoms with Gasteiger partial charge in [0.2, 0.25) is 5.91 Å². The van der Waals surface area contributed by atoms with E-state index < -0.39 is 0 Å². The Labute approximate surface area is 165 Å². The van der Waals surface area contributed by atoms with Crippen molar-refractivity contribution in [3.8, 4) is 5.75 Å². The Bertz CT molecular complexity index is 787. The number of benzene rings is 2. The van der Waals surface area contributed by atoms with Crippen molar-refractivity contribution in [3.05, 3.63) is 53.1 Å². The molecule has 0 aliphatic rings. The molecule has 0 unspecified atom stereocenters. The lowest BCUT2D eigenvalue weighted by Crippen LogP contribution is -2.21. The molecular weight excluding hydrogens is 364 g/mol. The fourth-order valence-electron chi connectivity index (χ4n) is 2.83. The molecule has 5 nitrogen and oxygen atoms in total. The molecule has 0 aliphatic carbocycles. The Morgan fingerprint density at radius 1 is 1.04 bits per heavy atom. The largest absolute Gasteiger partial charge is 0.496 e. The van der Waals surface area contributed by atoms with Gasteiger partial charge >= 0.3 is 0 Å². The van der Waals surface area contributed by atoms with Crippen LogP contribution >= 0.6 is 11.6 Å². The lowest BCUT2D eigenvalue weighted by molar-refractivity contribution is -0.116. The Hall–Kier alpha value is -2.53. The van der Waals surface area contributed by atoms with E-state index in [2.05, 4.69) is 24.1 Å². The number of amides is 1. The van der Waals surface area contributed by atoms with E-state index in [4.69, 9.17) is 16.3 Å². The van der Waals surface area contributed by atoms with Gasteiger partial charge in [0.1, 0.15) is 5.75 Å². The SMILES string of the molecule is CCN(CC)c1ccc(NC(=O)CCC(=O)c2cc(Cl)ccc2OC)cc1. The van der Waals surface area contributed by atoms with Crippen molar-refractivity contribution in [1.29, 1.82) is 0 Å². The van der Waals surface area contributed by atoms with Gasteiger partial charge in [0, 0.05) is 42.3 Å². The third kappa shape index (κ3) is 5.73. The molecule has 0 fully saturated rings. The highest BCUT2D eigenvalue weighted by molar-refractivity contribution is 6.31. The van der Waals surface area contributed by atoms with E-state index >= 15 is 0 Å². The lowest BCUT2D eigenvalue weighted by Gasteiger charge is -2.21. The van der Waals surface area contributed by atoms with Crippen molar-refractivity contribution in [3.63, 3.8) is 0 Å². The molecule has 6 heteroatoms. The molecule has 0 saturated carbocycles. The molecule has 2 aromatic rings. The summed E-state index contributed by atoms with van der Waals surface area (Å²) in [5.74, 6) is 0.0677. The zero-order valence-electron chi connectivity index (χ0n) is 15.9. The number of rotatable bonds is 9. The fourth-order valence-corrected chi connectivity index (χ4v) is 3.00. The fraction of sp³-hybridized carbons (Fsp3) is 0.333. The molecular formula is C21H25ClN2O3. The molecule has 1 amide bonds. The maximum atomic E-state index is 12.4. The van der Waals surface area contributed by atoms with Crippen LogP contribution in [-0.4, -0.2) is 31.9 Å². The summed E-state index contributed by atoms with van der Waals surface area (Å²) in [6.07, 6.45) is 0.173. The monoisotopic (exact) mass is 388 g/mol. The predicted molar refractivity (Wildman–Crippen MR) is 110 cm³/mol. The second kappa shape index (κ2) is 9.97. The number of carbonyl (C=O) groups excluding carboxylic acids is 2. The third-order valence-electron chi connectivity index (χ3n) is 4.32. The molecule has 144 valence electrons. The van der Waals surface area contributed by atoms with Gasteiger partial charge in [-0.15, -0.1) is 0 Å². The van der Waals surface area contributed by atoms with Crippen LogP contribution in [0.15, 0.2) is 42.5 Å². The van der Waals surface area contributed by atoms with E-state index in [-0.39, 0.29) is 24.5 Å². The molecule has 0 heterocycles. The summed E-state index contributed by atoms with van der Waals surface area (Å²) in [7, 11) is 1.49. The molecule has 0 atom stereocenters. The topological polar surface area (TPSA) is 58.6 Å². The van der Waals surface area contributed by atoms with Gasteiger partial charge in [-0.2, -0.15) is 0 Å². The highest BCUT2D eigenvalue weighted by Crippen LogP contribution is 2.24. The minimum Gasteiger partial charge on any atom is -0.496 e. The van der Waals surface area contributed by atoms with E-state index in [1.807, 2.05) is 24.3 Å². The number of ketones is 1. The van der Waals surface area contributed by atoms with Crippen LogP contribution in [0.2, 0.25) is 5.02 Å². The highest BCUT2D eigenvalue weighted by atomic mass is 35.5. The van der Waals surface area contributed by atoms with Crippen LogP contribution in [0.3, 0.4) is 0 Å². The Balaban J connectivity index is 1.93. The first-order valence-electron chi connectivity index (χ1n) is 9.00. The number of nitrogens with zero attached hydrogens (tertiary/aromatic N) is 1. The van der Waals surface area contributed by atoms with E-state index in [9.17, 15) is 9.59 Å². The van der Waals surface area contributed by atoms with Crippen LogP contribution in [0, 0.1) is 0 Å². The minimum atomic E-state index is -0.208. The summed E-state index contributed by atoms with van der Waals surface area (Å²) in [6, 6.07) is 12.6. The van der Waals surface area contributed by atoms with Gasteiger partial charge in [-0.3, -0.25) is 9.59 Å². The second-order valence-corrected chi connectivity index (χ2v) is 6.47. The minimum absolute atomic E-state index is 0.0834. The Kier molecular flexibility index (Phi) is 7.67. The molecule has 0 saturated heterocycles. The van der Waals surface area contributed by atoms with Crippen molar-refractivity contribution >= 4 is 34.7 Å². The number of halogens is 1. The summed E-state index contributed by atoms with van der Waals surface area (Å²) >= 11 is 5.95. The van der Waals surface area contributed by atoms with Gasteiger partial charge in [-0.25, -0.2) is 0 Å². The molecule has 0 aliphatic heterocycles. The summed E-state index contributed by atoms with van der Waals surface area (Å²) in [6.45, 7) is 6.06. The molecule has 27 heavy (non-hydrogen) atoms. The average molecular weight is 389 g/mol. The van der Waals surface area contributed by atoms with Crippen LogP contribution in [0.4, 0.5) is 11.4 Å². The maximum Gasteiger partial charge on any atom is 0.224 e. The number of carbonyl (C=O) groups is 2. The number of anilines is 2. The van der Waals surface area contributed by atoms with Crippen LogP contribution in [0.1, 0.15) is 37.0 Å². The summed E-state index contributed by atoms with van der Waals surface area (Å²) in [4.78, 5) is 26.8. The van der Waals surface area contributed by atoms with Crippen molar-refractivity contribution in [1.82, 2.24) is 0 Å². The first kappa shape index (κ1) is 20.8. The zero-order valence-corrected chi connectivity index (χ0v) is 16.7. The van der Waals surface area contributed by atoms with Crippen LogP contribution in [0.25, 0.3) is 0 Å². The quantitative estimate of drug-likeness (QED) is 0.627. The van der Waals surface area contributed by atoms with Crippen LogP contribution in [-0.2, 0) is 4.79 Å². The van der Waals surface area contributed by atoms with Gasteiger partial charge in [0.05, 0.1) is 12.7 Å². The van der Waals surface area contributed by atoms with Crippen molar-refractivity contribution in [2.75, 3.05) is 30.4 Å². The average Bonchev–Trinajstić information content (AvgIpc) is 2.68. The molecule has 1 N–H and O–H groups in total. The number of methoxy groups -OCH3 is 1. The van der Waals surface area contributed by atoms with Crippen LogP contribution < -0.4 is 15.0 Å². The maximum absolute atomic E-state index is 12.4. The van der Waals surface area contributed by atoms with Crippen LogP contribution in [0.5, 0.6) is 5.75 Å². The van der Waals surface area contributed by atoms with Crippen molar-refractivity contribution in [2.24, 2.45) is 0 Å². The number of Topliss-reactive ketones (excluding diaryl/α,β-unsaturated/α-hetero) is 1. The number of ether oxygens (including phenoxy) is 1. The predicted octanol–water partition coefficient (Wildman–Crippen LogP) is 4.80. The Morgan fingerprint density at radius 2 is 1.70 bits per heavy atom. The van der Waals surface area contributed by atoms with E-state index in [1.54, 1.807) is 18.2 Å². The Morgan fingerprint density at radius 3 is 2.30 bits per heavy atom. The van der Waals surface area contributed by atoms with E-state index in [1.165, 1.54) is 7.11 Å². The molecule has 0 spiro atoms.